The van der Waals surface area contributed by atoms with Gasteiger partial charge < -0.3 is 19.5 Å². The summed E-state index contributed by atoms with van der Waals surface area (Å²) in [5.41, 5.74) is 5.46. The number of allylic oxidation sites excluding steroid dienone is 3. The summed E-state index contributed by atoms with van der Waals surface area (Å²) in [6.07, 6.45) is 3.83. The minimum absolute atomic E-state index is 0.0587. The van der Waals surface area contributed by atoms with E-state index in [9.17, 15) is 9.59 Å². The van der Waals surface area contributed by atoms with Crippen LogP contribution >= 0.6 is 0 Å². The molecule has 40 heavy (non-hydrogen) atoms. The van der Waals surface area contributed by atoms with E-state index >= 15 is 0 Å². The predicted octanol–water partition coefficient (Wildman–Crippen LogP) is 5.01. The Hall–Kier alpha value is -4.59. The molecule has 0 bridgehead atoms. The number of dihydropyridines is 1. The van der Waals surface area contributed by atoms with Crippen molar-refractivity contribution in [2.24, 2.45) is 0 Å². The van der Waals surface area contributed by atoms with E-state index in [0.717, 1.165) is 40.9 Å². The number of carbonyl (C=O) groups excluding carboxylic acids is 2. The summed E-state index contributed by atoms with van der Waals surface area (Å²) in [4.78, 5) is 30.2. The van der Waals surface area contributed by atoms with Gasteiger partial charge in [0.2, 0.25) is 0 Å². The first-order valence-electron chi connectivity index (χ1n) is 13.3. The Labute approximate surface area is 234 Å². The van der Waals surface area contributed by atoms with E-state index in [-0.39, 0.29) is 18.3 Å². The third kappa shape index (κ3) is 5.57. The summed E-state index contributed by atoms with van der Waals surface area (Å²) in [6, 6.07) is 16.9. The molecule has 5 rings (SSSR count). The van der Waals surface area contributed by atoms with Crippen molar-refractivity contribution in [3.8, 4) is 17.2 Å². The number of anilines is 1. The van der Waals surface area contributed by atoms with Crippen LogP contribution in [0, 0.1) is 6.92 Å². The van der Waals surface area contributed by atoms with Gasteiger partial charge in [0.25, 0.3) is 5.82 Å². The first kappa shape index (κ1) is 27.0. The molecule has 1 aromatic heterocycles. The third-order valence-corrected chi connectivity index (χ3v) is 7.31. The lowest BCUT2D eigenvalue weighted by Gasteiger charge is -2.34. The zero-order chi connectivity index (χ0) is 28.2. The van der Waals surface area contributed by atoms with E-state index in [1.807, 2.05) is 74.6 Å². The second-order valence-corrected chi connectivity index (χ2v) is 10.0. The maximum atomic E-state index is 13.8. The number of ether oxygens (including phenoxy) is 3. The Morgan fingerprint density at radius 3 is 2.60 bits per heavy atom. The first-order chi connectivity index (χ1) is 19.4. The molecule has 8 nitrogen and oxygen atoms in total. The number of Topliss-reactive ketones (excluding diaryl/α,β-unsaturated/α-hetero) is 1. The molecule has 2 heterocycles. The topological polar surface area (TPSA) is 100 Å². The van der Waals surface area contributed by atoms with Gasteiger partial charge in [-0.1, -0.05) is 12.1 Å². The van der Waals surface area contributed by atoms with Crippen molar-refractivity contribution in [3.05, 3.63) is 100 Å². The molecule has 2 aliphatic rings. The molecule has 0 saturated heterocycles. The first-order valence-corrected chi connectivity index (χ1v) is 13.3. The zero-order valence-corrected chi connectivity index (χ0v) is 23.2. The molecule has 1 atom stereocenters. The lowest BCUT2D eigenvalue weighted by Crippen LogP contribution is -2.36. The molecule has 1 unspecified atom stereocenters. The molecule has 0 saturated carbocycles. The Morgan fingerprint density at radius 2 is 1.85 bits per heavy atom. The third-order valence-electron chi connectivity index (χ3n) is 7.31. The van der Waals surface area contributed by atoms with Crippen LogP contribution in [0.25, 0.3) is 0 Å². The Bertz CT molecular complexity index is 1510. The number of ketones is 1. The number of aryl methyl sites for hydroxylation is 1. The summed E-state index contributed by atoms with van der Waals surface area (Å²) in [6.45, 7) is 4.09. The number of hydrogen-bond donors (Lipinski definition) is 2. The van der Waals surface area contributed by atoms with Gasteiger partial charge in [-0.2, -0.15) is 0 Å². The van der Waals surface area contributed by atoms with Crippen molar-refractivity contribution in [1.29, 1.82) is 0 Å². The van der Waals surface area contributed by atoms with Crippen molar-refractivity contribution in [2.45, 2.75) is 45.6 Å². The maximum absolute atomic E-state index is 13.8. The number of pyridine rings is 1. The van der Waals surface area contributed by atoms with Gasteiger partial charge in [0.05, 0.1) is 26.0 Å². The molecule has 0 fully saturated rings. The largest absolute Gasteiger partial charge is 0.497 e. The number of aromatic amines is 1. The van der Waals surface area contributed by atoms with Crippen molar-refractivity contribution >= 4 is 17.5 Å². The number of rotatable bonds is 8. The van der Waals surface area contributed by atoms with Gasteiger partial charge in [-0.25, -0.2) is 15.1 Å². The number of benzene rings is 2. The summed E-state index contributed by atoms with van der Waals surface area (Å²) in [7, 11) is 3.22. The number of nitrogens with one attached hydrogen (secondary N) is 3. The van der Waals surface area contributed by atoms with E-state index in [1.165, 1.54) is 0 Å². The molecule has 0 spiro atoms. The molecule has 3 aromatic rings. The fraction of sp³-hybridized carbons (Fsp3) is 0.281. The van der Waals surface area contributed by atoms with Crippen molar-refractivity contribution in [2.75, 3.05) is 19.5 Å². The summed E-state index contributed by atoms with van der Waals surface area (Å²) >= 11 is 0. The second kappa shape index (κ2) is 11.7. The Balaban J connectivity index is 1.53. The van der Waals surface area contributed by atoms with Crippen molar-refractivity contribution in [1.82, 2.24) is 5.32 Å². The van der Waals surface area contributed by atoms with E-state index in [1.54, 1.807) is 14.2 Å². The number of carbonyl (C=O) groups is 2. The fourth-order valence-corrected chi connectivity index (χ4v) is 5.33. The van der Waals surface area contributed by atoms with Crippen molar-refractivity contribution < 1.29 is 28.8 Å². The van der Waals surface area contributed by atoms with E-state index in [4.69, 9.17) is 14.2 Å². The van der Waals surface area contributed by atoms with Crippen LogP contribution in [0.2, 0.25) is 0 Å². The molecule has 2 aromatic carbocycles. The zero-order valence-electron chi connectivity index (χ0n) is 23.2. The minimum Gasteiger partial charge on any atom is -0.497 e. The standard InChI is InChI=1S/C32H33N3O5/c1-19-11-14-28(33-17-19)35-32(37)29-20(2)34-25-9-6-10-26(36)31(25)30(29)21-12-13-27(39-4)22(15-21)18-40-24-8-5-7-23(16-24)38-3/h5,7-8,11-17,30,34H,6,9-10,18H2,1-4H3,(H,33,35,37)/p+1. The van der Waals surface area contributed by atoms with Crippen LogP contribution in [0.1, 0.15) is 48.8 Å². The average molecular weight is 541 g/mol. The number of aromatic nitrogens is 1. The van der Waals surface area contributed by atoms with Crippen LogP contribution in [-0.2, 0) is 16.2 Å². The molecule has 1 aliphatic carbocycles. The molecule has 1 aliphatic heterocycles. The Kier molecular flexibility index (Phi) is 7.86. The highest BCUT2D eigenvalue weighted by Crippen LogP contribution is 2.43. The lowest BCUT2D eigenvalue weighted by molar-refractivity contribution is -0.361. The van der Waals surface area contributed by atoms with Crippen LogP contribution in [0.4, 0.5) is 5.82 Å². The summed E-state index contributed by atoms with van der Waals surface area (Å²) in [5, 5.41) is 6.36. The SMILES string of the molecule is COc1cccc(OCc2cc(C3C(C(=O)Nc4ccc(C)c[nH+]4)=C(C)NC4=C3C(=O)CCC4)ccc2OC)c1. The highest BCUT2D eigenvalue weighted by molar-refractivity contribution is 6.09. The number of amides is 1. The Morgan fingerprint density at radius 1 is 1.02 bits per heavy atom. The average Bonchev–Trinajstić information content (AvgIpc) is 2.96. The monoisotopic (exact) mass is 540 g/mol. The van der Waals surface area contributed by atoms with Gasteiger partial charge in [-0.3, -0.25) is 4.79 Å². The molecule has 1 amide bonds. The normalized spacial score (nSPS) is 16.7. The van der Waals surface area contributed by atoms with Gasteiger partial charge in [0.1, 0.15) is 23.9 Å². The van der Waals surface area contributed by atoms with Gasteiger partial charge in [-0.05, 0) is 68.1 Å². The van der Waals surface area contributed by atoms with Crippen LogP contribution in [0.15, 0.2) is 83.3 Å². The van der Waals surface area contributed by atoms with Crippen LogP contribution in [0.5, 0.6) is 17.2 Å². The van der Waals surface area contributed by atoms with Gasteiger partial charge >= 0.3 is 5.91 Å². The van der Waals surface area contributed by atoms with Crippen LogP contribution < -0.4 is 29.8 Å². The number of hydrogen-bond acceptors (Lipinski definition) is 6. The molecule has 206 valence electrons. The second-order valence-electron chi connectivity index (χ2n) is 10.0. The molecule has 0 radical (unpaired) electrons. The summed E-state index contributed by atoms with van der Waals surface area (Å²) < 4.78 is 17.0. The number of methoxy groups -OCH3 is 2. The maximum Gasteiger partial charge on any atom is 0.337 e. The van der Waals surface area contributed by atoms with Gasteiger partial charge in [-0.15, -0.1) is 0 Å². The van der Waals surface area contributed by atoms with Crippen molar-refractivity contribution in [3.63, 3.8) is 0 Å². The molecular weight excluding hydrogens is 506 g/mol. The fourth-order valence-electron chi connectivity index (χ4n) is 5.33. The quantitative estimate of drug-likeness (QED) is 0.417. The molecule has 8 heteroatoms. The summed E-state index contributed by atoms with van der Waals surface area (Å²) in [5.74, 6) is 1.85. The smallest absolute Gasteiger partial charge is 0.337 e. The van der Waals surface area contributed by atoms with Crippen LogP contribution in [-0.4, -0.2) is 25.9 Å². The van der Waals surface area contributed by atoms with Gasteiger partial charge in [0.15, 0.2) is 5.78 Å². The van der Waals surface area contributed by atoms with Crippen LogP contribution in [0.3, 0.4) is 0 Å². The minimum atomic E-state index is -0.532. The molecule has 3 N–H and O–H groups in total. The van der Waals surface area contributed by atoms with E-state index in [0.29, 0.717) is 40.6 Å². The van der Waals surface area contributed by atoms with Gasteiger partial charge in [0, 0.05) is 47.0 Å². The van der Waals surface area contributed by atoms with E-state index < -0.39 is 5.92 Å². The lowest BCUT2D eigenvalue weighted by atomic mass is 9.74. The predicted molar refractivity (Wildman–Crippen MR) is 151 cm³/mol. The highest BCUT2D eigenvalue weighted by Gasteiger charge is 2.40. The molecular formula is C32H34N3O5+. The van der Waals surface area contributed by atoms with E-state index in [2.05, 4.69) is 15.6 Å². The highest BCUT2D eigenvalue weighted by atomic mass is 16.5. The number of H-pyrrole nitrogens is 1.